The number of fused-ring (bicyclic) bond motifs is 4. The van der Waals surface area contributed by atoms with Crippen molar-refractivity contribution in [1.29, 1.82) is 0 Å². The Labute approximate surface area is 129 Å². The average Bonchev–Trinajstić information content (AvgIpc) is 3.28. The Kier molecular flexibility index (Phi) is 2.46. The van der Waals surface area contributed by atoms with E-state index in [2.05, 4.69) is 29.3 Å². The second-order valence-electron chi connectivity index (χ2n) is 6.38. The maximum absolute atomic E-state index is 6.45. The molecule has 1 fully saturated rings. The zero-order chi connectivity index (χ0) is 14.6. The largest absolute Gasteiger partial charge is 0.466 e. The third kappa shape index (κ3) is 1.61. The molecule has 0 amide bonds. The Bertz CT molecular complexity index is 729. The number of nitrogens with zero attached hydrogens (tertiary/aromatic N) is 2. The fraction of sp³-hybridized carbons (Fsp3) is 0.389. The molecule has 1 atom stereocenters. The van der Waals surface area contributed by atoms with Crippen molar-refractivity contribution in [3.63, 3.8) is 0 Å². The minimum Gasteiger partial charge on any atom is -0.466 e. The number of furan rings is 1. The minimum absolute atomic E-state index is 0.257. The number of rotatable bonds is 1. The Morgan fingerprint density at radius 3 is 2.77 bits per heavy atom. The van der Waals surface area contributed by atoms with Crippen molar-refractivity contribution in [3.05, 3.63) is 54.0 Å². The van der Waals surface area contributed by atoms with Crippen molar-refractivity contribution in [3.8, 4) is 5.75 Å². The van der Waals surface area contributed by atoms with Crippen molar-refractivity contribution in [2.24, 2.45) is 5.10 Å². The third-order valence-corrected chi connectivity index (χ3v) is 5.10. The lowest BCUT2D eigenvalue weighted by Gasteiger charge is -2.45. The third-order valence-electron chi connectivity index (χ3n) is 5.10. The van der Waals surface area contributed by atoms with Crippen LogP contribution < -0.4 is 4.74 Å². The predicted octanol–water partition coefficient (Wildman–Crippen LogP) is 4.09. The van der Waals surface area contributed by atoms with E-state index in [1.165, 1.54) is 18.4 Å². The van der Waals surface area contributed by atoms with E-state index in [1.54, 1.807) is 6.26 Å². The van der Waals surface area contributed by atoms with Crippen LogP contribution in [0.2, 0.25) is 0 Å². The smallest absolute Gasteiger partial charge is 0.198 e. The highest BCUT2D eigenvalue weighted by Gasteiger charge is 2.51. The molecule has 1 aliphatic carbocycles. The van der Waals surface area contributed by atoms with Crippen LogP contribution in [0.15, 0.2) is 52.2 Å². The molecule has 3 aliphatic rings. The van der Waals surface area contributed by atoms with Gasteiger partial charge in [-0.1, -0.05) is 18.2 Å². The van der Waals surface area contributed by atoms with Crippen LogP contribution in [0.3, 0.4) is 0 Å². The maximum Gasteiger partial charge on any atom is 0.198 e. The van der Waals surface area contributed by atoms with Crippen molar-refractivity contribution in [2.75, 3.05) is 0 Å². The maximum atomic E-state index is 6.45. The molecule has 4 heteroatoms. The summed E-state index contributed by atoms with van der Waals surface area (Å²) in [7, 11) is 0. The SMILES string of the molecule is c1coc(C2=NN3[C@@H](C2)c2ccccc2OC32CCCC2)c1. The van der Waals surface area contributed by atoms with Gasteiger partial charge in [-0.25, -0.2) is 5.01 Å². The number of para-hydroxylation sites is 1. The first-order valence-electron chi connectivity index (χ1n) is 8.04. The zero-order valence-corrected chi connectivity index (χ0v) is 12.4. The van der Waals surface area contributed by atoms with Gasteiger partial charge in [-0.15, -0.1) is 0 Å². The summed E-state index contributed by atoms with van der Waals surface area (Å²) in [6, 6.07) is 12.6. The lowest BCUT2D eigenvalue weighted by molar-refractivity contribution is -0.114. The monoisotopic (exact) mass is 294 g/mol. The molecular formula is C18H18N2O2. The van der Waals surface area contributed by atoms with Crippen LogP contribution >= 0.6 is 0 Å². The van der Waals surface area contributed by atoms with Crippen molar-refractivity contribution < 1.29 is 9.15 Å². The first kappa shape index (κ1) is 12.3. The molecular weight excluding hydrogens is 276 g/mol. The number of hydrogen-bond donors (Lipinski definition) is 0. The Balaban J connectivity index is 1.63. The van der Waals surface area contributed by atoms with E-state index in [4.69, 9.17) is 14.3 Å². The summed E-state index contributed by atoms with van der Waals surface area (Å²) in [4.78, 5) is 0. The summed E-state index contributed by atoms with van der Waals surface area (Å²) in [5, 5.41) is 7.14. The molecule has 0 bridgehead atoms. The second kappa shape index (κ2) is 4.38. The van der Waals surface area contributed by atoms with Crippen LogP contribution in [-0.2, 0) is 0 Å². The summed E-state index contributed by atoms with van der Waals surface area (Å²) in [5.74, 6) is 1.90. The molecule has 0 saturated heterocycles. The van der Waals surface area contributed by atoms with Gasteiger partial charge in [0.1, 0.15) is 17.2 Å². The molecule has 0 radical (unpaired) electrons. The molecule has 1 aromatic carbocycles. The molecule has 1 aromatic heterocycles. The average molecular weight is 294 g/mol. The lowest BCUT2D eigenvalue weighted by Crippen LogP contribution is -2.51. The topological polar surface area (TPSA) is 38.0 Å². The van der Waals surface area contributed by atoms with Crippen LogP contribution in [0.4, 0.5) is 0 Å². The molecule has 0 N–H and O–H groups in total. The summed E-state index contributed by atoms with van der Waals surface area (Å²) in [6.07, 6.45) is 7.11. The first-order valence-corrected chi connectivity index (χ1v) is 8.04. The summed E-state index contributed by atoms with van der Waals surface area (Å²) in [6.45, 7) is 0. The molecule has 5 rings (SSSR count). The molecule has 22 heavy (non-hydrogen) atoms. The van der Waals surface area contributed by atoms with Crippen LogP contribution in [0.5, 0.6) is 5.75 Å². The van der Waals surface area contributed by atoms with Crippen molar-refractivity contribution >= 4 is 5.71 Å². The normalized spacial score (nSPS) is 24.8. The van der Waals surface area contributed by atoms with Gasteiger partial charge in [0.15, 0.2) is 5.72 Å². The van der Waals surface area contributed by atoms with E-state index in [1.807, 2.05) is 12.1 Å². The number of benzene rings is 1. The zero-order valence-electron chi connectivity index (χ0n) is 12.4. The van der Waals surface area contributed by atoms with Gasteiger partial charge in [0.2, 0.25) is 0 Å². The number of hydrazone groups is 1. The Morgan fingerprint density at radius 1 is 1.09 bits per heavy atom. The van der Waals surface area contributed by atoms with E-state index in [0.717, 1.165) is 36.5 Å². The second-order valence-corrected chi connectivity index (χ2v) is 6.38. The van der Waals surface area contributed by atoms with Crippen LogP contribution in [0.1, 0.15) is 49.5 Å². The molecule has 3 heterocycles. The fourth-order valence-corrected chi connectivity index (χ4v) is 4.08. The van der Waals surface area contributed by atoms with Gasteiger partial charge in [-0.2, -0.15) is 5.10 Å². The van der Waals surface area contributed by atoms with E-state index in [-0.39, 0.29) is 11.8 Å². The van der Waals surface area contributed by atoms with Gasteiger partial charge in [0.05, 0.1) is 12.3 Å². The summed E-state index contributed by atoms with van der Waals surface area (Å²) >= 11 is 0. The van der Waals surface area contributed by atoms with Crippen LogP contribution in [-0.4, -0.2) is 16.4 Å². The fourth-order valence-electron chi connectivity index (χ4n) is 4.08. The highest BCUT2D eigenvalue weighted by Crippen LogP contribution is 2.51. The van der Waals surface area contributed by atoms with Gasteiger partial charge in [-0.3, -0.25) is 0 Å². The van der Waals surface area contributed by atoms with Crippen LogP contribution in [0.25, 0.3) is 0 Å². The van der Waals surface area contributed by atoms with Gasteiger partial charge >= 0.3 is 0 Å². The van der Waals surface area contributed by atoms with Gasteiger partial charge in [0.25, 0.3) is 0 Å². The van der Waals surface area contributed by atoms with E-state index < -0.39 is 0 Å². The summed E-state index contributed by atoms with van der Waals surface area (Å²) < 4.78 is 12.0. The number of hydrogen-bond acceptors (Lipinski definition) is 4. The molecule has 1 spiro atoms. The summed E-state index contributed by atoms with van der Waals surface area (Å²) in [5.41, 5.74) is 2.01. The quantitative estimate of drug-likeness (QED) is 0.795. The van der Waals surface area contributed by atoms with Crippen LogP contribution in [0, 0.1) is 0 Å². The molecule has 4 nitrogen and oxygen atoms in total. The molecule has 0 unspecified atom stereocenters. The Morgan fingerprint density at radius 2 is 1.95 bits per heavy atom. The Hall–Kier alpha value is -2.23. The highest BCUT2D eigenvalue weighted by atomic mass is 16.5. The predicted molar refractivity (Wildman–Crippen MR) is 82.7 cm³/mol. The molecule has 1 saturated carbocycles. The standard InChI is InChI=1S/C18H18N2O2/c1-2-7-16-13(6-1)15-12-14(17-8-5-11-21-17)19-20(15)18(22-16)9-3-4-10-18/h1-2,5-8,11,15H,3-4,9-10,12H2/t15-/m0/s1. The highest BCUT2D eigenvalue weighted by molar-refractivity contribution is 5.99. The van der Waals surface area contributed by atoms with E-state index >= 15 is 0 Å². The molecule has 2 aromatic rings. The van der Waals surface area contributed by atoms with Gasteiger partial charge in [0, 0.05) is 24.8 Å². The minimum atomic E-state index is -0.257. The van der Waals surface area contributed by atoms with Gasteiger partial charge in [-0.05, 0) is 31.0 Å². The lowest BCUT2D eigenvalue weighted by atomic mass is 9.95. The first-order chi connectivity index (χ1) is 10.9. The molecule has 2 aliphatic heterocycles. The van der Waals surface area contributed by atoms with E-state index in [9.17, 15) is 0 Å². The number of ether oxygens (including phenoxy) is 1. The van der Waals surface area contributed by atoms with E-state index in [0.29, 0.717) is 0 Å². The van der Waals surface area contributed by atoms with Gasteiger partial charge < -0.3 is 9.15 Å². The van der Waals surface area contributed by atoms with Crippen molar-refractivity contribution in [2.45, 2.75) is 43.9 Å². The molecule has 112 valence electrons. The van der Waals surface area contributed by atoms with Crippen molar-refractivity contribution in [1.82, 2.24) is 5.01 Å².